The van der Waals surface area contributed by atoms with Crippen molar-refractivity contribution in [3.63, 3.8) is 0 Å². The van der Waals surface area contributed by atoms with E-state index in [9.17, 15) is 18.8 Å². The van der Waals surface area contributed by atoms with E-state index in [0.717, 1.165) is 0 Å². The van der Waals surface area contributed by atoms with E-state index in [4.69, 9.17) is 4.74 Å². The second kappa shape index (κ2) is 9.61. The molecule has 1 aromatic heterocycles. The van der Waals surface area contributed by atoms with Crippen LogP contribution in [0.4, 0.5) is 10.1 Å². The lowest BCUT2D eigenvalue weighted by Gasteiger charge is -2.10. The first-order valence-electron chi connectivity index (χ1n) is 9.67. The van der Waals surface area contributed by atoms with E-state index < -0.39 is 29.6 Å². The van der Waals surface area contributed by atoms with E-state index in [1.807, 2.05) is 0 Å². The molecule has 0 atom stereocenters. The lowest BCUT2D eigenvalue weighted by Crippen LogP contribution is -2.32. The van der Waals surface area contributed by atoms with Gasteiger partial charge in [0, 0.05) is 10.0 Å². The van der Waals surface area contributed by atoms with E-state index in [1.165, 1.54) is 24.4 Å². The standard InChI is InChI=1S/C23H16BrFN4O4/c24-15-9-10-20(33-13-21(30)27-19-8-4-2-6-17(19)25)14(11-15)12-26-29-22(31)16-5-1-3-7-18(16)28-23(29)32/h1-12H,13H2,(H,27,30)(H,28,32). The fourth-order valence-corrected chi connectivity index (χ4v) is 3.40. The molecule has 2 N–H and O–H groups in total. The second-order valence-corrected chi connectivity index (χ2v) is 7.75. The number of H-pyrrole nitrogens is 1. The average molecular weight is 511 g/mol. The Bertz CT molecular complexity index is 1500. The van der Waals surface area contributed by atoms with Gasteiger partial charge in [0.2, 0.25) is 0 Å². The van der Waals surface area contributed by atoms with Crippen molar-refractivity contribution >= 4 is 44.6 Å². The van der Waals surface area contributed by atoms with Gasteiger partial charge >= 0.3 is 5.69 Å². The summed E-state index contributed by atoms with van der Waals surface area (Å²) in [6.45, 7) is -0.396. The van der Waals surface area contributed by atoms with Crippen molar-refractivity contribution in [3.8, 4) is 5.75 Å². The topological polar surface area (TPSA) is 106 Å². The largest absolute Gasteiger partial charge is 0.483 e. The van der Waals surface area contributed by atoms with Crippen molar-refractivity contribution in [3.05, 3.63) is 103 Å². The van der Waals surface area contributed by atoms with Crippen molar-refractivity contribution in [2.24, 2.45) is 5.10 Å². The van der Waals surface area contributed by atoms with Crippen molar-refractivity contribution in [1.29, 1.82) is 0 Å². The van der Waals surface area contributed by atoms with Crippen LogP contribution in [0.1, 0.15) is 5.56 Å². The van der Waals surface area contributed by atoms with E-state index in [-0.39, 0.29) is 11.4 Å². The minimum atomic E-state index is -0.698. The smallest absolute Gasteiger partial charge is 0.349 e. The number of carbonyl (C=O) groups excluding carboxylic acids is 1. The first-order chi connectivity index (χ1) is 15.9. The second-order valence-electron chi connectivity index (χ2n) is 6.84. The molecule has 0 saturated heterocycles. The molecule has 0 aliphatic heterocycles. The molecule has 0 aliphatic carbocycles. The van der Waals surface area contributed by atoms with Gasteiger partial charge in [-0.15, -0.1) is 4.68 Å². The van der Waals surface area contributed by atoms with Gasteiger partial charge < -0.3 is 15.0 Å². The first kappa shape index (κ1) is 22.2. The Kier molecular flexibility index (Phi) is 6.45. The van der Waals surface area contributed by atoms with Crippen LogP contribution in [0.25, 0.3) is 10.9 Å². The van der Waals surface area contributed by atoms with Crippen LogP contribution in [-0.2, 0) is 4.79 Å². The molecule has 0 radical (unpaired) electrons. The van der Waals surface area contributed by atoms with E-state index in [2.05, 4.69) is 31.3 Å². The highest BCUT2D eigenvalue weighted by atomic mass is 79.9. The van der Waals surface area contributed by atoms with Gasteiger partial charge in [0.25, 0.3) is 11.5 Å². The molecule has 0 saturated carbocycles. The number of nitrogens with zero attached hydrogens (tertiary/aromatic N) is 2. The molecule has 4 aromatic rings. The number of ether oxygens (including phenoxy) is 1. The molecule has 166 valence electrons. The van der Waals surface area contributed by atoms with Gasteiger partial charge in [-0.25, -0.2) is 9.18 Å². The van der Waals surface area contributed by atoms with Gasteiger partial charge in [-0.2, -0.15) is 5.10 Å². The van der Waals surface area contributed by atoms with Gasteiger partial charge in [0.1, 0.15) is 11.6 Å². The number of amides is 1. The molecule has 0 bridgehead atoms. The van der Waals surface area contributed by atoms with Crippen LogP contribution in [0.15, 0.2) is 85.9 Å². The summed E-state index contributed by atoms with van der Waals surface area (Å²) in [5.41, 5.74) is -0.420. The number of aromatic nitrogens is 2. The number of anilines is 1. The van der Waals surface area contributed by atoms with E-state index in [1.54, 1.807) is 48.5 Å². The molecule has 33 heavy (non-hydrogen) atoms. The molecule has 0 fully saturated rings. The minimum absolute atomic E-state index is 0.0404. The summed E-state index contributed by atoms with van der Waals surface area (Å²) < 4.78 is 20.7. The van der Waals surface area contributed by atoms with Crippen LogP contribution in [0.3, 0.4) is 0 Å². The number of nitrogens with one attached hydrogen (secondary N) is 2. The minimum Gasteiger partial charge on any atom is -0.483 e. The van der Waals surface area contributed by atoms with Crippen molar-refractivity contribution in [1.82, 2.24) is 9.66 Å². The molecule has 1 amide bonds. The lowest BCUT2D eigenvalue weighted by molar-refractivity contribution is -0.118. The number of rotatable bonds is 6. The molecule has 0 unspecified atom stereocenters. The lowest BCUT2D eigenvalue weighted by atomic mass is 10.2. The molecule has 4 rings (SSSR count). The maximum Gasteiger partial charge on any atom is 0.349 e. The molecular formula is C23H16BrFN4O4. The summed E-state index contributed by atoms with van der Waals surface area (Å²) >= 11 is 3.34. The first-order valence-corrected chi connectivity index (χ1v) is 10.5. The third kappa shape index (κ3) is 5.07. The Hall–Kier alpha value is -4.05. The van der Waals surface area contributed by atoms with Crippen molar-refractivity contribution in [2.45, 2.75) is 0 Å². The molecule has 3 aromatic carbocycles. The molecular weight excluding hydrogens is 495 g/mol. The predicted molar refractivity (Wildman–Crippen MR) is 126 cm³/mol. The highest BCUT2D eigenvalue weighted by molar-refractivity contribution is 9.10. The highest BCUT2D eigenvalue weighted by Crippen LogP contribution is 2.22. The summed E-state index contributed by atoms with van der Waals surface area (Å²) in [5, 5.41) is 6.76. The van der Waals surface area contributed by atoms with Crippen molar-refractivity contribution in [2.75, 3.05) is 11.9 Å². The van der Waals surface area contributed by atoms with Crippen LogP contribution in [0.2, 0.25) is 0 Å². The van der Waals surface area contributed by atoms with Crippen molar-refractivity contribution < 1.29 is 13.9 Å². The van der Waals surface area contributed by atoms with Gasteiger partial charge in [0.05, 0.1) is 22.8 Å². The number of para-hydroxylation sites is 2. The number of benzene rings is 3. The molecule has 8 nitrogen and oxygen atoms in total. The van der Waals surface area contributed by atoms with Crippen LogP contribution < -0.4 is 21.3 Å². The normalized spacial score (nSPS) is 11.1. The zero-order chi connectivity index (χ0) is 23.4. The fourth-order valence-electron chi connectivity index (χ4n) is 3.02. The van der Waals surface area contributed by atoms with Crippen LogP contribution in [0, 0.1) is 5.82 Å². The van der Waals surface area contributed by atoms with Gasteiger partial charge in [-0.1, -0.05) is 40.2 Å². The Morgan fingerprint density at radius 2 is 1.88 bits per heavy atom. The number of hydrogen-bond donors (Lipinski definition) is 2. The van der Waals surface area contributed by atoms with Gasteiger partial charge in [0.15, 0.2) is 6.61 Å². The predicted octanol–water partition coefficient (Wildman–Crippen LogP) is 3.49. The van der Waals surface area contributed by atoms with Crippen LogP contribution in [0.5, 0.6) is 5.75 Å². The fraction of sp³-hybridized carbons (Fsp3) is 0.0435. The third-order valence-electron chi connectivity index (χ3n) is 4.57. The highest BCUT2D eigenvalue weighted by Gasteiger charge is 2.10. The van der Waals surface area contributed by atoms with E-state index >= 15 is 0 Å². The molecule has 10 heteroatoms. The molecule has 1 heterocycles. The van der Waals surface area contributed by atoms with Gasteiger partial charge in [-0.3, -0.25) is 9.59 Å². The Balaban J connectivity index is 1.57. The molecule has 0 spiro atoms. The quantitative estimate of drug-likeness (QED) is 0.387. The molecule has 0 aliphatic rings. The summed E-state index contributed by atoms with van der Waals surface area (Å²) in [6, 6.07) is 17.3. The number of hydrogen-bond acceptors (Lipinski definition) is 5. The summed E-state index contributed by atoms with van der Waals surface area (Å²) in [6.07, 6.45) is 1.28. The van der Waals surface area contributed by atoms with Crippen LogP contribution >= 0.6 is 15.9 Å². The summed E-state index contributed by atoms with van der Waals surface area (Å²) in [5.74, 6) is -0.850. The van der Waals surface area contributed by atoms with Gasteiger partial charge in [-0.05, 0) is 42.5 Å². The van der Waals surface area contributed by atoms with Crippen LogP contribution in [-0.4, -0.2) is 28.4 Å². The summed E-state index contributed by atoms with van der Waals surface area (Å²) in [7, 11) is 0. The maximum atomic E-state index is 13.7. The third-order valence-corrected chi connectivity index (χ3v) is 5.07. The monoisotopic (exact) mass is 510 g/mol. The number of fused-ring (bicyclic) bond motifs is 1. The maximum absolute atomic E-state index is 13.7. The number of carbonyl (C=O) groups is 1. The Labute approximate surface area is 194 Å². The SMILES string of the molecule is O=C(COc1ccc(Br)cc1C=Nn1c(=O)[nH]c2ccccc2c1=O)Nc1ccccc1F. The average Bonchev–Trinajstić information content (AvgIpc) is 2.80. The number of halogens is 2. The Morgan fingerprint density at radius 3 is 2.70 bits per heavy atom. The number of aromatic amines is 1. The Morgan fingerprint density at radius 1 is 1.12 bits per heavy atom. The zero-order valence-corrected chi connectivity index (χ0v) is 18.5. The zero-order valence-electron chi connectivity index (χ0n) is 16.9. The van der Waals surface area contributed by atoms with E-state index in [0.29, 0.717) is 25.6 Å². The summed E-state index contributed by atoms with van der Waals surface area (Å²) in [4.78, 5) is 39.7.